The number of piperidine rings is 1. The molecule has 110 valence electrons. The maximum Gasteiger partial charge on any atom is 0.233 e. The molecule has 20 heavy (non-hydrogen) atoms. The third kappa shape index (κ3) is 4.91. The highest BCUT2D eigenvalue weighted by molar-refractivity contribution is 9.10. The number of carbonyl (C=O) groups is 1. The number of hydrogen-bond acceptors (Lipinski definition) is 2. The van der Waals surface area contributed by atoms with Crippen molar-refractivity contribution in [1.29, 1.82) is 0 Å². The van der Waals surface area contributed by atoms with Gasteiger partial charge in [0.25, 0.3) is 0 Å². The Balaban J connectivity index is 1.81. The smallest absolute Gasteiger partial charge is 0.233 e. The molecule has 1 aliphatic heterocycles. The van der Waals surface area contributed by atoms with Gasteiger partial charge in [0.1, 0.15) is 0 Å². The van der Waals surface area contributed by atoms with Crippen LogP contribution >= 0.6 is 15.9 Å². The van der Waals surface area contributed by atoms with Crippen molar-refractivity contribution in [2.75, 3.05) is 13.1 Å². The number of rotatable bonds is 5. The van der Waals surface area contributed by atoms with Gasteiger partial charge < -0.3 is 5.32 Å². The normalized spacial score (nSPS) is 17.7. The number of carbonyl (C=O) groups excluding carboxylic acids is 1. The van der Waals surface area contributed by atoms with E-state index >= 15 is 0 Å². The van der Waals surface area contributed by atoms with Gasteiger partial charge in [-0.25, -0.2) is 0 Å². The molecule has 1 N–H and O–H groups in total. The molecule has 1 aromatic rings. The fourth-order valence-electron chi connectivity index (χ4n) is 2.47. The molecule has 1 saturated heterocycles. The highest BCUT2D eigenvalue weighted by Gasteiger charge is 2.10. The Morgan fingerprint density at radius 1 is 1.20 bits per heavy atom. The molecule has 0 aliphatic carbocycles. The molecular weight excluding hydrogens is 316 g/mol. The number of likely N-dealkylation sites (tertiary alicyclic amines) is 1. The summed E-state index contributed by atoms with van der Waals surface area (Å²) in [6, 6.07) is 8.57. The minimum Gasteiger partial charge on any atom is -0.351 e. The number of hydrogen-bond donors (Lipinski definition) is 1. The molecule has 1 aliphatic rings. The van der Waals surface area contributed by atoms with Crippen LogP contribution in [0.1, 0.15) is 37.3 Å². The Hall–Kier alpha value is -0.870. The summed E-state index contributed by atoms with van der Waals surface area (Å²) in [4.78, 5) is 13.9. The van der Waals surface area contributed by atoms with Gasteiger partial charge >= 0.3 is 0 Å². The summed E-state index contributed by atoms with van der Waals surface area (Å²) in [6.07, 6.45) is 4.03. The highest BCUT2D eigenvalue weighted by Crippen LogP contribution is 2.13. The number of nitrogens with one attached hydrogen (secondary N) is 1. The number of nitrogens with zero attached hydrogens (tertiary/aromatic N) is 1. The number of benzene rings is 1. The largest absolute Gasteiger partial charge is 0.351 e. The SMILES string of the molecule is CC(Br)C(=O)NCc1ccc(CN2CCCCC2)cc1. The lowest BCUT2D eigenvalue weighted by molar-refractivity contribution is -0.120. The number of halogens is 1. The Bertz CT molecular complexity index is 425. The van der Waals surface area contributed by atoms with Gasteiger partial charge in [-0.3, -0.25) is 9.69 Å². The van der Waals surface area contributed by atoms with Crippen LogP contribution in [-0.2, 0) is 17.9 Å². The van der Waals surface area contributed by atoms with Crippen LogP contribution in [0.25, 0.3) is 0 Å². The molecule has 0 bridgehead atoms. The second kappa shape index (κ2) is 7.79. The summed E-state index contributed by atoms with van der Waals surface area (Å²) in [7, 11) is 0. The zero-order valence-electron chi connectivity index (χ0n) is 12.1. The summed E-state index contributed by atoms with van der Waals surface area (Å²) in [6.45, 7) is 5.92. The number of amides is 1. The van der Waals surface area contributed by atoms with Crippen molar-refractivity contribution in [2.45, 2.75) is 44.1 Å². The predicted octanol–water partition coefficient (Wildman–Crippen LogP) is 3.07. The lowest BCUT2D eigenvalue weighted by atomic mass is 10.1. The van der Waals surface area contributed by atoms with Crippen LogP contribution < -0.4 is 5.32 Å². The zero-order valence-corrected chi connectivity index (χ0v) is 13.7. The van der Waals surface area contributed by atoms with Gasteiger partial charge in [0.05, 0.1) is 4.83 Å². The molecule has 2 rings (SSSR count). The fourth-order valence-corrected chi connectivity index (χ4v) is 2.63. The van der Waals surface area contributed by atoms with Crippen LogP contribution in [0.5, 0.6) is 0 Å². The second-order valence-corrected chi connectivity index (χ2v) is 6.86. The topological polar surface area (TPSA) is 32.3 Å². The Morgan fingerprint density at radius 3 is 2.40 bits per heavy atom. The molecule has 1 atom stereocenters. The van der Waals surface area contributed by atoms with E-state index < -0.39 is 0 Å². The van der Waals surface area contributed by atoms with Gasteiger partial charge in [-0.15, -0.1) is 0 Å². The molecule has 0 saturated carbocycles. The van der Waals surface area contributed by atoms with Crippen molar-refractivity contribution in [3.8, 4) is 0 Å². The van der Waals surface area contributed by atoms with Crippen LogP contribution in [-0.4, -0.2) is 28.7 Å². The van der Waals surface area contributed by atoms with Crippen molar-refractivity contribution in [1.82, 2.24) is 10.2 Å². The predicted molar refractivity (Wildman–Crippen MR) is 85.8 cm³/mol. The van der Waals surface area contributed by atoms with E-state index in [1.54, 1.807) is 0 Å². The Kier molecular flexibility index (Phi) is 6.05. The second-order valence-electron chi connectivity index (χ2n) is 5.49. The minimum atomic E-state index is -0.138. The lowest BCUT2D eigenvalue weighted by Gasteiger charge is -2.26. The molecule has 1 amide bonds. The van der Waals surface area contributed by atoms with Crippen LogP contribution in [0.3, 0.4) is 0 Å². The van der Waals surface area contributed by atoms with Gasteiger partial charge in [-0.1, -0.05) is 46.6 Å². The quantitative estimate of drug-likeness (QED) is 0.837. The van der Waals surface area contributed by atoms with Gasteiger partial charge in [0.2, 0.25) is 5.91 Å². The molecule has 1 fully saturated rings. The molecule has 1 aromatic carbocycles. The summed E-state index contributed by atoms with van der Waals surface area (Å²) in [5.74, 6) is 0.0300. The maximum absolute atomic E-state index is 11.5. The van der Waals surface area contributed by atoms with E-state index in [4.69, 9.17) is 0 Å². The average Bonchev–Trinajstić information content (AvgIpc) is 2.47. The minimum absolute atomic E-state index is 0.0300. The first-order chi connectivity index (χ1) is 9.65. The van der Waals surface area contributed by atoms with Crippen LogP contribution in [0.15, 0.2) is 24.3 Å². The third-order valence-electron chi connectivity index (χ3n) is 3.71. The van der Waals surface area contributed by atoms with Crippen LogP contribution in [0, 0.1) is 0 Å². The van der Waals surface area contributed by atoms with Crippen LogP contribution in [0.4, 0.5) is 0 Å². The first-order valence-electron chi connectivity index (χ1n) is 7.37. The zero-order chi connectivity index (χ0) is 14.4. The van der Waals surface area contributed by atoms with Crippen molar-refractivity contribution in [3.05, 3.63) is 35.4 Å². The Labute approximate surface area is 129 Å². The molecule has 4 heteroatoms. The van der Waals surface area contributed by atoms with Gasteiger partial charge in [0, 0.05) is 13.1 Å². The monoisotopic (exact) mass is 338 g/mol. The maximum atomic E-state index is 11.5. The molecule has 0 spiro atoms. The summed E-state index contributed by atoms with van der Waals surface area (Å²) >= 11 is 3.26. The summed E-state index contributed by atoms with van der Waals surface area (Å²) < 4.78 is 0. The van der Waals surface area contributed by atoms with Gasteiger partial charge in [-0.2, -0.15) is 0 Å². The van der Waals surface area contributed by atoms with Crippen molar-refractivity contribution in [2.24, 2.45) is 0 Å². The molecule has 0 radical (unpaired) electrons. The first-order valence-corrected chi connectivity index (χ1v) is 8.28. The van der Waals surface area contributed by atoms with E-state index in [1.807, 2.05) is 6.92 Å². The van der Waals surface area contributed by atoms with E-state index in [1.165, 1.54) is 37.9 Å². The van der Waals surface area contributed by atoms with E-state index in [-0.39, 0.29) is 10.7 Å². The van der Waals surface area contributed by atoms with E-state index in [9.17, 15) is 4.79 Å². The molecule has 0 aromatic heterocycles. The van der Waals surface area contributed by atoms with Crippen LogP contribution in [0.2, 0.25) is 0 Å². The van der Waals surface area contributed by atoms with Crippen molar-refractivity contribution < 1.29 is 4.79 Å². The third-order valence-corrected chi connectivity index (χ3v) is 4.12. The Morgan fingerprint density at radius 2 is 1.80 bits per heavy atom. The standard InChI is InChI=1S/C16H23BrN2O/c1-13(17)16(20)18-11-14-5-7-15(8-6-14)12-19-9-3-2-4-10-19/h5-8,13H,2-4,9-12H2,1H3,(H,18,20). The van der Waals surface area contributed by atoms with Gasteiger partial charge in [0.15, 0.2) is 0 Å². The van der Waals surface area contributed by atoms with E-state index in [2.05, 4.69) is 50.4 Å². The fraction of sp³-hybridized carbons (Fsp3) is 0.562. The van der Waals surface area contributed by atoms with Crippen molar-refractivity contribution >= 4 is 21.8 Å². The molecular formula is C16H23BrN2O. The first kappa shape index (κ1) is 15.5. The lowest BCUT2D eigenvalue weighted by Crippen LogP contribution is -2.29. The summed E-state index contributed by atoms with van der Waals surface area (Å²) in [5.41, 5.74) is 2.50. The summed E-state index contributed by atoms with van der Waals surface area (Å²) in [5, 5.41) is 2.90. The van der Waals surface area contributed by atoms with Crippen molar-refractivity contribution in [3.63, 3.8) is 0 Å². The average molecular weight is 339 g/mol. The molecule has 1 unspecified atom stereocenters. The van der Waals surface area contributed by atoms with E-state index in [0.717, 1.165) is 12.1 Å². The molecule has 3 nitrogen and oxygen atoms in total. The number of alkyl halides is 1. The van der Waals surface area contributed by atoms with E-state index in [0.29, 0.717) is 6.54 Å². The molecule has 1 heterocycles. The highest BCUT2D eigenvalue weighted by atomic mass is 79.9. The van der Waals surface area contributed by atoms with Gasteiger partial charge in [-0.05, 0) is 44.0 Å².